The molecule has 0 spiro atoms. The zero-order chi connectivity index (χ0) is 22.5. The fourth-order valence-corrected chi connectivity index (χ4v) is 4.45. The second-order valence-corrected chi connectivity index (χ2v) is 8.37. The molecule has 4 aromatic heterocycles. The van der Waals surface area contributed by atoms with E-state index in [1.807, 2.05) is 31.3 Å². The van der Waals surface area contributed by atoms with E-state index in [2.05, 4.69) is 50.3 Å². The number of aromatic nitrogens is 5. The molecule has 0 atom stereocenters. The highest BCUT2D eigenvalue weighted by molar-refractivity contribution is 6.01. The van der Waals surface area contributed by atoms with Gasteiger partial charge in [-0.05, 0) is 72.5 Å². The van der Waals surface area contributed by atoms with Crippen molar-refractivity contribution in [3.63, 3.8) is 0 Å². The minimum Gasteiger partial charge on any atom is -0.352 e. The van der Waals surface area contributed by atoms with Crippen molar-refractivity contribution in [3.05, 3.63) is 90.3 Å². The number of hydrogen-bond acceptors (Lipinski definition) is 3. The minimum absolute atomic E-state index is 0.255. The molecule has 2 N–H and O–H groups in total. The highest BCUT2D eigenvalue weighted by Gasteiger charge is 2.15. The van der Waals surface area contributed by atoms with E-state index in [0.29, 0.717) is 0 Å². The van der Waals surface area contributed by atoms with Gasteiger partial charge in [0.25, 0.3) is 0 Å². The van der Waals surface area contributed by atoms with E-state index >= 15 is 0 Å². The van der Waals surface area contributed by atoms with E-state index in [9.17, 15) is 4.39 Å². The molecule has 4 heterocycles. The first-order valence-corrected chi connectivity index (χ1v) is 10.7. The molecule has 0 aliphatic heterocycles. The molecule has 0 saturated heterocycles. The molecular weight excluding hydrogens is 413 g/mol. The quantitative estimate of drug-likeness (QED) is 0.331. The standard InChI is InChI=1S/C27H20FN5/c1-15-7-18(9-19(28)8-15)23-13-30-14-26-20(23)11-25(31-26)27-21-10-17(3-4-24(21)32-33-27)22-12-29-6-5-16(22)2/h3-14,31H,1-2H3,(H,32,33). The Hall–Kier alpha value is -4.32. The van der Waals surface area contributed by atoms with Crippen molar-refractivity contribution in [1.29, 1.82) is 0 Å². The van der Waals surface area contributed by atoms with E-state index in [1.54, 1.807) is 24.7 Å². The van der Waals surface area contributed by atoms with Gasteiger partial charge >= 0.3 is 0 Å². The van der Waals surface area contributed by atoms with Crippen LogP contribution in [0.5, 0.6) is 0 Å². The summed E-state index contributed by atoms with van der Waals surface area (Å²) in [5.41, 5.74) is 9.43. The van der Waals surface area contributed by atoms with E-state index < -0.39 is 0 Å². The average Bonchev–Trinajstić information content (AvgIpc) is 3.42. The lowest BCUT2D eigenvalue weighted by molar-refractivity contribution is 0.627. The van der Waals surface area contributed by atoms with Crippen LogP contribution in [-0.4, -0.2) is 25.1 Å². The number of hydrogen-bond donors (Lipinski definition) is 2. The summed E-state index contributed by atoms with van der Waals surface area (Å²) in [6.45, 7) is 3.97. The highest BCUT2D eigenvalue weighted by Crippen LogP contribution is 2.35. The molecule has 0 aliphatic rings. The average molecular weight is 433 g/mol. The summed E-state index contributed by atoms with van der Waals surface area (Å²) < 4.78 is 14.1. The summed E-state index contributed by atoms with van der Waals surface area (Å²) in [5.74, 6) is -0.255. The number of pyridine rings is 2. The van der Waals surface area contributed by atoms with Gasteiger partial charge in [0, 0.05) is 40.5 Å². The third-order valence-electron chi connectivity index (χ3n) is 6.07. The van der Waals surface area contributed by atoms with Gasteiger partial charge in [0.1, 0.15) is 11.5 Å². The van der Waals surface area contributed by atoms with Crippen molar-refractivity contribution in [3.8, 4) is 33.6 Å². The third kappa shape index (κ3) is 3.27. The van der Waals surface area contributed by atoms with Crippen LogP contribution in [0.15, 0.2) is 73.3 Å². The largest absolute Gasteiger partial charge is 0.352 e. The first-order valence-electron chi connectivity index (χ1n) is 10.7. The maximum Gasteiger partial charge on any atom is 0.124 e. The molecule has 6 aromatic rings. The van der Waals surface area contributed by atoms with Crippen molar-refractivity contribution in [1.82, 2.24) is 25.1 Å². The number of benzene rings is 2. The molecule has 0 radical (unpaired) electrons. The topological polar surface area (TPSA) is 70.2 Å². The molecule has 5 nitrogen and oxygen atoms in total. The Morgan fingerprint density at radius 2 is 1.64 bits per heavy atom. The van der Waals surface area contributed by atoms with Crippen LogP contribution < -0.4 is 0 Å². The zero-order valence-electron chi connectivity index (χ0n) is 18.1. The van der Waals surface area contributed by atoms with Gasteiger partial charge < -0.3 is 4.98 Å². The number of H-pyrrole nitrogens is 2. The SMILES string of the molecule is Cc1cc(F)cc(-c2cncc3[nH]c(-c4n[nH]c5ccc(-c6cnccc6C)cc45)cc23)c1. The number of rotatable bonds is 3. The predicted octanol–water partition coefficient (Wildman–Crippen LogP) is 6.59. The van der Waals surface area contributed by atoms with Crippen LogP contribution >= 0.6 is 0 Å². The third-order valence-corrected chi connectivity index (χ3v) is 6.07. The normalized spacial score (nSPS) is 11.5. The first-order chi connectivity index (χ1) is 16.1. The second kappa shape index (κ2) is 7.38. The molecule has 0 fully saturated rings. The number of aromatic amines is 2. The highest BCUT2D eigenvalue weighted by atomic mass is 19.1. The Balaban J connectivity index is 1.52. The van der Waals surface area contributed by atoms with Crippen molar-refractivity contribution in [2.24, 2.45) is 0 Å². The lowest BCUT2D eigenvalue weighted by Gasteiger charge is -2.05. The lowest BCUT2D eigenvalue weighted by atomic mass is 10.00. The Kier molecular flexibility index (Phi) is 4.33. The van der Waals surface area contributed by atoms with Crippen LogP contribution in [0.1, 0.15) is 11.1 Å². The van der Waals surface area contributed by atoms with Crippen molar-refractivity contribution < 1.29 is 4.39 Å². The van der Waals surface area contributed by atoms with Gasteiger partial charge in [0.05, 0.1) is 22.9 Å². The van der Waals surface area contributed by atoms with Gasteiger partial charge in [0.15, 0.2) is 0 Å². The predicted molar refractivity (Wildman–Crippen MR) is 129 cm³/mol. The molecule has 33 heavy (non-hydrogen) atoms. The Bertz CT molecular complexity index is 1640. The Morgan fingerprint density at radius 3 is 2.48 bits per heavy atom. The van der Waals surface area contributed by atoms with E-state index in [-0.39, 0.29) is 5.82 Å². The number of nitrogens with one attached hydrogen (secondary N) is 2. The van der Waals surface area contributed by atoms with E-state index in [1.165, 1.54) is 11.6 Å². The van der Waals surface area contributed by atoms with Gasteiger partial charge in [-0.1, -0.05) is 12.1 Å². The van der Waals surface area contributed by atoms with Crippen LogP contribution in [0.25, 0.3) is 55.4 Å². The maximum absolute atomic E-state index is 14.1. The maximum atomic E-state index is 14.1. The molecule has 2 aromatic carbocycles. The number of nitrogens with zero attached hydrogens (tertiary/aromatic N) is 3. The first kappa shape index (κ1) is 19.4. The van der Waals surface area contributed by atoms with Gasteiger partial charge in [-0.3, -0.25) is 15.1 Å². The van der Waals surface area contributed by atoms with Gasteiger partial charge in [-0.15, -0.1) is 0 Å². The van der Waals surface area contributed by atoms with Gasteiger partial charge in [0.2, 0.25) is 0 Å². The number of aryl methyl sites for hydroxylation is 2. The van der Waals surface area contributed by atoms with E-state index in [0.717, 1.165) is 61.0 Å². The Morgan fingerprint density at radius 1 is 0.758 bits per heavy atom. The van der Waals surface area contributed by atoms with Crippen LogP contribution in [-0.2, 0) is 0 Å². The summed E-state index contributed by atoms with van der Waals surface area (Å²) >= 11 is 0. The summed E-state index contributed by atoms with van der Waals surface area (Å²) in [5, 5.41) is 9.72. The lowest BCUT2D eigenvalue weighted by Crippen LogP contribution is -1.85. The van der Waals surface area contributed by atoms with Gasteiger partial charge in [-0.25, -0.2) is 4.39 Å². The zero-order valence-corrected chi connectivity index (χ0v) is 18.1. The molecule has 0 saturated carbocycles. The van der Waals surface area contributed by atoms with Crippen LogP contribution in [0, 0.1) is 19.7 Å². The monoisotopic (exact) mass is 433 g/mol. The van der Waals surface area contributed by atoms with Crippen LogP contribution in [0.2, 0.25) is 0 Å². The van der Waals surface area contributed by atoms with Crippen molar-refractivity contribution in [2.45, 2.75) is 13.8 Å². The van der Waals surface area contributed by atoms with E-state index in [4.69, 9.17) is 0 Å². The summed E-state index contributed by atoms with van der Waals surface area (Å²) in [7, 11) is 0. The minimum atomic E-state index is -0.255. The second-order valence-electron chi connectivity index (χ2n) is 8.37. The van der Waals surface area contributed by atoms with Crippen LogP contribution in [0.4, 0.5) is 4.39 Å². The van der Waals surface area contributed by atoms with Crippen molar-refractivity contribution >= 4 is 21.8 Å². The molecule has 160 valence electrons. The molecular formula is C27H20FN5. The smallest absolute Gasteiger partial charge is 0.124 e. The number of halogens is 1. The molecule has 0 unspecified atom stereocenters. The molecule has 6 heteroatoms. The summed E-state index contributed by atoms with van der Waals surface area (Å²) in [6, 6.07) is 15.4. The van der Waals surface area contributed by atoms with Crippen molar-refractivity contribution in [2.75, 3.05) is 0 Å². The van der Waals surface area contributed by atoms with Crippen LogP contribution in [0.3, 0.4) is 0 Å². The fraction of sp³-hybridized carbons (Fsp3) is 0.0741. The molecule has 0 amide bonds. The summed E-state index contributed by atoms with van der Waals surface area (Å²) in [6.07, 6.45) is 7.25. The molecule has 0 aliphatic carbocycles. The van der Waals surface area contributed by atoms with Gasteiger partial charge in [-0.2, -0.15) is 5.10 Å². The summed E-state index contributed by atoms with van der Waals surface area (Å²) in [4.78, 5) is 12.1. The molecule has 0 bridgehead atoms. The molecule has 6 rings (SSSR count). The fourth-order valence-electron chi connectivity index (χ4n) is 4.45. The Labute approximate surface area is 189 Å². The number of fused-ring (bicyclic) bond motifs is 2.